The minimum Gasteiger partial charge on any atom is -0.481 e. The summed E-state index contributed by atoms with van der Waals surface area (Å²) in [4.78, 5) is 40.5. The lowest BCUT2D eigenvalue weighted by atomic mass is 9.96. The van der Waals surface area contributed by atoms with Crippen LogP contribution in [0.15, 0.2) is 0 Å². The predicted molar refractivity (Wildman–Crippen MR) is 75.4 cm³/mol. The van der Waals surface area contributed by atoms with Crippen LogP contribution in [0, 0.1) is 0 Å². The number of rotatable bonds is 10. The van der Waals surface area contributed by atoms with E-state index in [0.717, 1.165) is 6.42 Å². The number of nitrogens with two attached hydrogens (primary N) is 2. The van der Waals surface area contributed by atoms with Crippen molar-refractivity contribution in [2.75, 3.05) is 0 Å². The zero-order valence-electron chi connectivity index (χ0n) is 12.3. The lowest BCUT2D eigenvalue weighted by Crippen LogP contribution is -2.42. The third kappa shape index (κ3) is 14.5. The molecule has 11 heteroatoms. The fourth-order valence-corrected chi connectivity index (χ4v) is 1.37. The predicted octanol–water partition coefficient (Wildman–Crippen LogP) is -1.37. The van der Waals surface area contributed by atoms with Crippen LogP contribution in [-0.4, -0.2) is 61.2 Å². The van der Waals surface area contributed by atoms with Crippen molar-refractivity contribution >= 4 is 23.9 Å². The summed E-state index contributed by atoms with van der Waals surface area (Å²) in [7, 11) is 0. The van der Waals surface area contributed by atoms with E-state index in [9.17, 15) is 19.2 Å². The molecule has 0 aromatic heterocycles. The summed E-state index contributed by atoms with van der Waals surface area (Å²) in [5.74, 6) is -5.78. The molecule has 23 heavy (non-hydrogen) atoms. The van der Waals surface area contributed by atoms with Crippen LogP contribution >= 0.6 is 0 Å². The Labute approximate surface area is 131 Å². The van der Waals surface area contributed by atoms with Gasteiger partial charge < -0.3 is 37.0 Å². The fraction of sp³-hybridized carbons (Fsp3) is 0.667. The van der Waals surface area contributed by atoms with E-state index in [1.54, 1.807) is 0 Å². The van der Waals surface area contributed by atoms with Gasteiger partial charge in [0.15, 0.2) is 5.60 Å². The number of carboxylic acid groups (broad SMARTS) is 4. The van der Waals surface area contributed by atoms with Crippen LogP contribution in [0.3, 0.4) is 0 Å². The first-order valence-electron chi connectivity index (χ1n) is 6.53. The normalized spacial score (nSPS) is 10.6. The van der Waals surface area contributed by atoms with Crippen molar-refractivity contribution in [1.82, 2.24) is 0 Å². The van der Waals surface area contributed by atoms with Crippen molar-refractivity contribution in [3.05, 3.63) is 0 Å². The van der Waals surface area contributed by atoms with Crippen molar-refractivity contribution in [3.63, 3.8) is 0 Å². The maximum atomic E-state index is 10.3. The molecule has 9 N–H and O–H groups in total. The van der Waals surface area contributed by atoms with Crippen molar-refractivity contribution < 1.29 is 44.7 Å². The third-order valence-electron chi connectivity index (χ3n) is 2.46. The van der Waals surface area contributed by atoms with Crippen LogP contribution in [0.1, 0.15) is 38.5 Å². The van der Waals surface area contributed by atoms with Crippen LogP contribution < -0.4 is 11.5 Å². The van der Waals surface area contributed by atoms with Gasteiger partial charge in [-0.1, -0.05) is 6.42 Å². The summed E-state index contributed by atoms with van der Waals surface area (Å²) in [5.41, 5.74) is 7.74. The van der Waals surface area contributed by atoms with Crippen molar-refractivity contribution in [2.24, 2.45) is 11.5 Å². The Kier molecular flexibility index (Phi) is 11.4. The molecule has 134 valence electrons. The molecule has 0 rings (SSSR count). The molecule has 0 saturated heterocycles. The molecule has 0 bridgehead atoms. The highest BCUT2D eigenvalue weighted by atomic mass is 16.4. The largest absolute Gasteiger partial charge is 0.481 e. The van der Waals surface area contributed by atoms with E-state index in [1.807, 2.05) is 0 Å². The van der Waals surface area contributed by atoms with Gasteiger partial charge in [0.05, 0.1) is 19.0 Å². The van der Waals surface area contributed by atoms with Crippen molar-refractivity contribution in [2.45, 2.75) is 50.3 Å². The summed E-state index contributed by atoms with van der Waals surface area (Å²) < 4.78 is 0. The highest BCUT2D eigenvalue weighted by molar-refractivity contribution is 5.88. The van der Waals surface area contributed by atoms with Crippen molar-refractivity contribution in [1.29, 1.82) is 0 Å². The molecule has 0 radical (unpaired) electrons. The van der Waals surface area contributed by atoms with Gasteiger partial charge in [0.1, 0.15) is 0 Å². The highest BCUT2D eigenvalue weighted by Crippen LogP contribution is 2.15. The Balaban J connectivity index is 0. The molecule has 0 unspecified atom stereocenters. The van der Waals surface area contributed by atoms with E-state index < -0.39 is 42.3 Å². The van der Waals surface area contributed by atoms with Crippen LogP contribution in [0.2, 0.25) is 0 Å². The SMILES string of the molecule is NC(N)CCCCC(=O)O.O=C(O)CC(O)(CC(=O)O)C(=O)O. The number of aliphatic hydroxyl groups is 1. The van der Waals surface area contributed by atoms with Gasteiger partial charge in [0.25, 0.3) is 0 Å². The fourth-order valence-electron chi connectivity index (χ4n) is 1.37. The Bertz CT molecular complexity index is 407. The minimum atomic E-state index is -2.74. The molecular formula is C12H22N2O9. The second-order valence-corrected chi connectivity index (χ2v) is 4.78. The Morgan fingerprint density at radius 1 is 0.826 bits per heavy atom. The molecule has 0 aliphatic heterocycles. The molecule has 0 heterocycles. The van der Waals surface area contributed by atoms with Gasteiger partial charge in [-0.3, -0.25) is 14.4 Å². The maximum Gasteiger partial charge on any atom is 0.336 e. The maximum absolute atomic E-state index is 10.3. The number of carboxylic acids is 4. The first-order valence-corrected chi connectivity index (χ1v) is 6.53. The Morgan fingerprint density at radius 3 is 1.52 bits per heavy atom. The molecule has 0 aromatic rings. The average Bonchev–Trinajstić information content (AvgIpc) is 2.32. The van der Waals surface area contributed by atoms with E-state index in [0.29, 0.717) is 12.8 Å². The molecule has 0 amide bonds. The number of hydrogen-bond acceptors (Lipinski definition) is 7. The summed E-state index contributed by atoms with van der Waals surface area (Å²) >= 11 is 0. The zero-order valence-corrected chi connectivity index (χ0v) is 12.3. The summed E-state index contributed by atoms with van der Waals surface area (Å²) in [6.07, 6.45) is -0.207. The zero-order chi connectivity index (χ0) is 18.6. The van der Waals surface area contributed by atoms with Crippen LogP contribution in [0.5, 0.6) is 0 Å². The molecule has 0 fully saturated rings. The summed E-state index contributed by atoms with van der Waals surface area (Å²) in [5, 5.41) is 42.0. The molecular weight excluding hydrogens is 316 g/mol. The molecule has 0 atom stereocenters. The average molecular weight is 338 g/mol. The lowest BCUT2D eigenvalue weighted by molar-refractivity contribution is -0.170. The lowest BCUT2D eigenvalue weighted by Gasteiger charge is -2.18. The van der Waals surface area contributed by atoms with Gasteiger partial charge in [-0.15, -0.1) is 0 Å². The van der Waals surface area contributed by atoms with Gasteiger partial charge in [-0.05, 0) is 12.8 Å². The third-order valence-corrected chi connectivity index (χ3v) is 2.46. The number of unbranched alkanes of at least 4 members (excludes halogenated alkanes) is 1. The Morgan fingerprint density at radius 2 is 1.26 bits per heavy atom. The standard InChI is InChI=1S/C6H14N2O2.C6H8O7/c7-5(8)3-1-2-4-6(9)10;7-3(8)1-6(13,5(11)12)2-4(9)10/h5H,1-4,7-8H2,(H,9,10);13H,1-2H2,(H,7,8)(H,9,10)(H,11,12). The first kappa shape index (κ1) is 23.0. The minimum absolute atomic E-state index is 0.215. The number of hydrogen-bond donors (Lipinski definition) is 7. The monoisotopic (exact) mass is 338 g/mol. The topological polar surface area (TPSA) is 221 Å². The second kappa shape index (κ2) is 11.3. The molecule has 0 aromatic carbocycles. The molecule has 0 saturated carbocycles. The molecule has 11 nitrogen and oxygen atoms in total. The van der Waals surface area contributed by atoms with Gasteiger partial charge in [0, 0.05) is 6.42 Å². The van der Waals surface area contributed by atoms with Crippen LogP contribution in [0.25, 0.3) is 0 Å². The van der Waals surface area contributed by atoms with Crippen LogP contribution in [0.4, 0.5) is 0 Å². The molecule has 0 aliphatic carbocycles. The van der Waals surface area contributed by atoms with E-state index >= 15 is 0 Å². The van der Waals surface area contributed by atoms with E-state index in [2.05, 4.69) is 0 Å². The number of carbonyl (C=O) groups is 4. The molecule has 0 spiro atoms. The van der Waals surface area contributed by atoms with Crippen LogP contribution in [-0.2, 0) is 19.2 Å². The summed E-state index contributed by atoms with van der Waals surface area (Å²) in [6.45, 7) is 0. The van der Waals surface area contributed by atoms with Crippen molar-refractivity contribution in [3.8, 4) is 0 Å². The van der Waals surface area contributed by atoms with E-state index in [-0.39, 0.29) is 12.6 Å². The highest BCUT2D eigenvalue weighted by Gasteiger charge is 2.40. The number of aliphatic carboxylic acids is 4. The second-order valence-electron chi connectivity index (χ2n) is 4.78. The first-order chi connectivity index (χ1) is 10.4. The smallest absolute Gasteiger partial charge is 0.336 e. The van der Waals surface area contributed by atoms with E-state index in [1.165, 1.54) is 0 Å². The van der Waals surface area contributed by atoms with Gasteiger partial charge in [-0.25, -0.2) is 4.79 Å². The van der Waals surface area contributed by atoms with Gasteiger partial charge >= 0.3 is 23.9 Å². The van der Waals surface area contributed by atoms with Gasteiger partial charge in [0.2, 0.25) is 0 Å². The Hall–Kier alpha value is -2.24. The van der Waals surface area contributed by atoms with Gasteiger partial charge in [-0.2, -0.15) is 0 Å². The summed E-state index contributed by atoms with van der Waals surface area (Å²) in [6, 6.07) is 0. The quantitative estimate of drug-likeness (QED) is 0.182. The molecule has 0 aliphatic rings. The van der Waals surface area contributed by atoms with E-state index in [4.69, 9.17) is 37.0 Å².